The summed E-state index contributed by atoms with van der Waals surface area (Å²) < 4.78 is 6.41. The van der Waals surface area contributed by atoms with Gasteiger partial charge in [0.15, 0.2) is 5.69 Å². The number of carbonyl (C=O) groups excluding carboxylic acids is 1. The molecule has 0 spiro atoms. The molecule has 1 amide bonds. The molecule has 4 aromatic rings. The van der Waals surface area contributed by atoms with E-state index in [0.29, 0.717) is 23.8 Å². The van der Waals surface area contributed by atoms with E-state index in [0.717, 1.165) is 50.2 Å². The van der Waals surface area contributed by atoms with E-state index >= 15 is 0 Å². The van der Waals surface area contributed by atoms with Crippen LogP contribution in [-0.4, -0.2) is 66.6 Å². The minimum absolute atomic E-state index is 0.0212. The summed E-state index contributed by atoms with van der Waals surface area (Å²) in [6.07, 6.45) is 8.14. The van der Waals surface area contributed by atoms with Gasteiger partial charge in [-0.3, -0.25) is 9.69 Å². The molecule has 7 nitrogen and oxygen atoms in total. The summed E-state index contributed by atoms with van der Waals surface area (Å²) in [4.78, 5) is 22.6. The van der Waals surface area contributed by atoms with Crippen molar-refractivity contribution in [2.45, 2.75) is 75.4 Å². The summed E-state index contributed by atoms with van der Waals surface area (Å²) in [6.45, 7) is 4.84. The van der Waals surface area contributed by atoms with Crippen LogP contribution in [0.5, 0.6) is 0 Å². The Kier molecular flexibility index (Phi) is 6.47. The third kappa shape index (κ3) is 4.47. The summed E-state index contributed by atoms with van der Waals surface area (Å²) in [7, 11) is 0. The SMILES string of the molecule is Cc1nc2ccccc2n1C1C[C@H]2CC[C@@H](C1)N2CCC1(c2ccccc2)CCN(C(=O)c2csnn2)CC1. The van der Waals surface area contributed by atoms with Crippen LogP contribution in [0.3, 0.4) is 0 Å². The van der Waals surface area contributed by atoms with Gasteiger partial charge in [0.25, 0.3) is 5.91 Å². The van der Waals surface area contributed by atoms with Crippen LogP contribution in [-0.2, 0) is 5.41 Å². The Hall–Kier alpha value is -3.10. The van der Waals surface area contributed by atoms with Crippen LogP contribution >= 0.6 is 11.5 Å². The van der Waals surface area contributed by atoms with E-state index < -0.39 is 0 Å². The van der Waals surface area contributed by atoms with Gasteiger partial charge in [-0.25, -0.2) is 4.98 Å². The Morgan fingerprint density at radius 1 is 0.974 bits per heavy atom. The van der Waals surface area contributed by atoms with E-state index in [9.17, 15) is 4.79 Å². The summed E-state index contributed by atoms with van der Waals surface area (Å²) in [5.74, 6) is 1.17. The minimum atomic E-state index is 0.0212. The first-order valence-electron chi connectivity index (χ1n) is 14.4. The van der Waals surface area contributed by atoms with Gasteiger partial charge in [0.2, 0.25) is 0 Å². The van der Waals surface area contributed by atoms with Crippen LogP contribution in [0, 0.1) is 6.92 Å². The molecule has 1 unspecified atom stereocenters. The average molecular weight is 541 g/mol. The first-order chi connectivity index (χ1) is 19.1. The Balaban J connectivity index is 1.07. The molecule has 2 aromatic carbocycles. The highest BCUT2D eigenvalue weighted by Gasteiger charge is 2.44. The van der Waals surface area contributed by atoms with E-state index in [4.69, 9.17) is 4.98 Å². The monoisotopic (exact) mass is 540 g/mol. The molecule has 3 atom stereocenters. The fourth-order valence-corrected chi connectivity index (χ4v) is 8.25. The van der Waals surface area contributed by atoms with Gasteiger partial charge in [0.05, 0.1) is 11.0 Å². The molecule has 0 aliphatic carbocycles. The first kappa shape index (κ1) is 24.9. The lowest BCUT2D eigenvalue weighted by Crippen LogP contribution is -2.49. The summed E-state index contributed by atoms with van der Waals surface area (Å²) in [5, 5.41) is 5.78. The summed E-state index contributed by atoms with van der Waals surface area (Å²) in [6, 6.07) is 21.5. The van der Waals surface area contributed by atoms with Crippen LogP contribution in [0.4, 0.5) is 0 Å². The van der Waals surface area contributed by atoms with Crippen molar-refractivity contribution < 1.29 is 4.79 Å². The van der Waals surface area contributed by atoms with Gasteiger partial charge in [-0.1, -0.05) is 47.0 Å². The molecule has 0 saturated carbocycles. The molecule has 202 valence electrons. The molecule has 3 aliphatic rings. The predicted molar refractivity (Wildman–Crippen MR) is 154 cm³/mol. The second-order valence-corrected chi connectivity index (χ2v) is 12.4. The fraction of sp³-hybridized carbons (Fsp3) is 0.484. The maximum atomic E-state index is 13.0. The van der Waals surface area contributed by atoms with Gasteiger partial charge in [0, 0.05) is 36.6 Å². The number of aromatic nitrogens is 4. The molecule has 39 heavy (non-hydrogen) atoms. The topological polar surface area (TPSA) is 67.2 Å². The summed E-state index contributed by atoms with van der Waals surface area (Å²) in [5.41, 5.74) is 4.41. The van der Waals surface area contributed by atoms with E-state index in [1.807, 2.05) is 4.90 Å². The van der Waals surface area contributed by atoms with E-state index in [1.165, 1.54) is 48.3 Å². The minimum Gasteiger partial charge on any atom is -0.337 e. The molecule has 7 rings (SSSR count). The number of hydrogen-bond acceptors (Lipinski definition) is 6. The number of hydrogen-bond donors (Lipinski definition) is 0. The second kappa shape index (κ2) is 10.1. The largest absolute Gasteiger partial charge is 0.337 e. The highest BCUT2D eigenvalue weighted by molar-refractivity contribution is 7.03. The standard InChI is InChI=1S/C31H36N6OS/c1-22-32-27-9-5-6-10-29(27)37(22)26-19-24-11-12-25(20-26)36(24)18-15-31(23-7-3-2-4-8-23)13-16-35(17-14-31)30(38)28-21-39-34-33-28/h2-10,21,24-26H,11-20H2,1H3/t24-,25+,26?. The molecule has 2 bridgehead atoms. The third-order valence-electron chi connectivity index (χ3n) is 9.82. The molecule has 5 heterocycles. The molecular formula is C31H36N6OS. The van der Waals surface area contributed by atoms with Crippen LogP contribution in [0.2, 0.25) is 0 Å². The molecule has 8 heteroatoms. The van der Waals surface area contributed by atoms with Crippen molar-refractivity contribution in [3.8, 4) is 0 Å². The van der Waals surface area contributed by atoms with E-state index in [1.54, 1.807) is 5.38 Å². The zero-order valence-corrected chi connectivity index (χ0v) is 23.4. The lowest BCUT2D eigenvalue weighted by Gasteiger charge is -2.45. The van der Waals surface area contributed by atoms with Gasteiger partial charge in [-0.15, -0.1) is 5.10 Å². The lowest BCUT2D eigenvalue weighted by atomic mass is 9.70. The third-order valence-corrected chi connectivity index (χ3v) is 10.3. The number of piperidine rings is 2. The number of aryl methyl sites for hydroxylation is 1. The molecule has 2 aromatic heterocycles. The maximum absolute atomic E-state index is 13.0. The second-order valence-electron chi connectivity index (χ2n) is 11.7. The number of amides is 1. The van der Waals surface area contributed by atoms with E-state index in [2.05, 4.69) is 80.6 Å². The van der Waals surface area contributed by atoms with Crippen molar-refractivity contribution in [3.05, 3.63) is 77.1 Å². The van der Waals surface area contributed by atoms with Crippen molar-refractivity contribution in [1.82, 2.24) is 28.9 Å². The Morgan fingerprint density at radius 2 is 1.69 bits per heavy atom. The highest BCUT2D eigenvalue weighted by atomic mass is 32.1. The number of likely N-dealkylation sites (tertiary alicyclic amines) is 1. The van der Waals surface area contributed by atoms with Crippen LogP contribution in [0.15, 0.2) is 60.0 Å². The zero-order valence-electron chi connectivity index (χ0n) is 22.6. The van der Waals surface area contributed by atoms with Crippen molar-refractivity contribution >= 4 is 28.5 Å². The van der Waals surface area contributed by atoms with E-state index in [-0.39, 0.29) is 11.3 Å². The fourth-order valence-electron chi connectivity index (χ4n) is 7.82. The van der Waals surface area contributed by atoms with Gasteiger partial charge < -0.3 is 9.47 Å². The first-order valence-corrected chi connectivity index (χ1v) is 15.3. The Labute approximate surface area is 234 Å². The number of imidazole rings is 1. The predicted octanol–water partition coefficient (Wildman–Crippen LogP) is 5.63. The molecule has 3 saturated heterocycles. The van der Waals surface area contributed by atoms with Crippen molar-refractivity contribution in [3.63, 3.8) is 0 Å². The lowest BCUT2D eigenvalue weighted by molar-refractivity contribution is 0.0602. The Morgan fingerprint density at radius 3 is 2.41 bits per heavy atom. The van der Waals surface area contributed by atoms with Crippen LogP contribution < -0.4 is 0 Å². The van der Waals surface area contributed by atoms with Gasteiger partial charge in [-0.2, -0.15) is 0 Å². The molecule has 0 radical (unpaired) electrons. The number of carbonyl (C=O) groups is 1. The van der Waals surface area contributed by atoms with Crippen LogP contribution in [0.1, 0.15) is 72.9 Å². The highest BCUT2D eigenvalue weighted by Crippen LogP contribution is 2.45. The van der Waals surface area contributed by atoms with Crippen molar-refractivity contribution in [2.75, 3.05) is 19.6 Å². The number of rotatable bonds is 6. The normalized spacial score (nSPS) is 24.8. The quantitative estimate of drug-likeness (QED) is 0.317. The smallest absolute Gasteiger partial charge is 0.275 e. The van der Waals surface area contributed by atoms with Crippen molar-refractivity contribution in [2.24, 2.45) is 0 Å². The molecule has 0 N–H and O–H groups in total. The number of benzene rings is 2. The van der Waals surface area contributed by atoms with Gasteiger partial charge in [-0.05, 0) is 93.1 Å². The van der Waals surface area contributed by atoms with Gasteiger partial charge in [0.1, 0.15) is 5.82 Å². The maximum Gasteiger partial charge on any atom is 0.275 e. The van der Waals surface area contributed by atoms with Crippen molar-refractivity contribution in [1.29, 1.82) is 0 Å². The van der Waals surface area contributed by atoms with Gasteiger partial charge >= 0.3 is 0 Å². The number of fused-ring (bicyclic) bond motifs is 3. The zero-order chi connectivity index (χ0) is 26.4. The molecule has 3 fully saturated rings. The Bertz CT molecular complexity index is 1430. The molecular weight excluding hydrogens is 504 g/mol. The average Bonchev–Trinajstić information content (AvgIpc) is 3.68. The molecule has 3 aliphatic heterocycles. The number of para-hydroxylation sites is 2. The summed E-state index contributed by atoms with van der Waals surface area (Å²) >= 11 is 1.24. The number of nitrogens with zero attached hydrogens (tertiary/aromatic N) is 6. The van der Waals surface area contributed by atoms with Crippen LogP contribution in [0.25, 0.3) is 11.0 Å².